The second kappa shape index (κ2) is 5.29. The van der Waals surface area contributed by atoms with Crippen LogP contribution in [0.4, 0.5) is 10.5 Å². The van der Waals surface area contributed by atoms with Crippen LogP contribution in [0.2, 0.25) is 0 Å². The van der Waals surface area contributed by atoms with Crippen molar-refractivity contribution in [2.75, 3.05) is 5.32 Å². The molecule has 5 nitrogen and oxygen atoms in total. The number of nitrogens with zero attached hydrogens (tertiary/aromatic N) is 1. The molecule has 2 rings (SSSR count). The molecule has 1 aromatic carbocycles. The lowest BCUT2D eigenvalue weighted by Crippen LogP contribution is -2.06. The van der Waals surface area contributed by atoms with Crippen LogP contribution in [-0.4, -0.2) is 16.2 Å². The second-order valence-electron chi connectivity index (χ2n) is 3.79. The lowest BCUT2D eigenvalue weighted by atomic mass is 10.1. The van der Waals surface area contributed by atoms with Gasteiger partial charge in [-0.2, -0.15) is 0 Å². The maximum Gasteiger partial charge on any atom is 0.409 e. The molecule has 1 amide bonds. The third-order valence-corrected chi connectivity index (χ3v) is 2.50. The number of carbonyl (C=O) groups is 1. The summed E-state index contributed by atoms with van der Waals surface area (Å²) in [5, 5.41) is 10.9. The number of nitrogens with two attached hydrogens (primary N) is 1. The highest BCUT2D eigenvalue weighted by molar-refractivity contribution is 5.83. The van der Waals surface area contributed by atoms with Gasteiger partial charge < -0.3 is 10.8 Å². The minimum absolute atomic E-state index is 0.444. The molecule has 0 saturated heterocycles. The van der Waals surface area contributed by atoms with Gasteiger partial charge in [-0.1, -0.05) is 12.1 Å². The van der Waals surface area contributed by atoms with E-state index in [1.807, 2.05) is 18.2 Å². The van der Waals surface area contributed by atoms with Gasteiger partial charge in [0.2, 0.25) is 0 Å². The molecule has 0 aliphatic carbocycles. The summed E-state index contributed by atoms with van der Waals surface area (Å²) in [6.45, 7) is 0.444. The van der Waals surface area contributed by atoms with Crippen molar-refractivity contribution in [3.05, 3.63) is 48.3 Å². The summed E-state index contributed by atoms with van der Waals surface area (Å²) in [5.41, 5.74) is 8.98. The molecular formula is C13H13N3O2. The van der Waals surface area contributed by atoms with E-state index >= 15 is 0 Å². The zero-order chi connectivity index (χ0) is 13.0. The van der Waals surface area contributed by atoms with E-state index in [4.69, 9.17) is 10.8 Å². The number of carboxylic acid groups (broad SMARTS) is 1. The lowest BCUT2D eigenvalue weighted by molar-refractivity contribution is 0.210. The fourth-order valence-corrected chi connectivity index (χ4v) is 1.63. The molecule has 0 unspecified atom stereocenters. The predicted octanol–water partition coefficient (Wildman–Crippen LogP) is 2.30. The third kappa shape index (κ3) is 2.83. The van der Waals surface area contributed by atoms with Crippen LogP contribution < -0.4 is 11.1 Å². The molecule has 0 atom stereocenters. The average Bonchev–Trinajstić information content (AvgIpc) is 2.39. The minimum Gasteiger partial charge on any atom is -0.465 e. The Hall–Kier alpha value is -2.40. The summed E-state index contributed by atoms with van der Waals surface area (Å²) in [6.07, 6.45) is 2.40. The zero-order valence-electron chi connectivity index (χ0n) is 9.63. The van der Waals surface area contributed by atoms with Gasteiger partial charge in [0.25, 0.3) is 0 Å². The Morgan fingerprint density at radius 3 is 2.56 bits per heavy atom. The van der Waals surface area contributed by atoms with E-state index in [0.29, 0.717) is 12.2 Å². The van der Waals surface area contributed by atoms with Crippen LogP contribution in [0.1, 0.15) is 5.56 Å². The van der Waals surface area contributed by atoms with Gasteiger partial charge >= 0.3 is 6.09 Å². The van der Waals surface area contributed by atoms with Crippen LogP contribution >= 0.6 is 0 Å². The van der Waals surface area contributed by atoms with Gasteiger partial charge in [0.1, 0.15) is 0 Å². The number of pyridine rings is 1. The van der Waals surface area contributed by atoms with Gasteiger partial charge in [-0.05, 0) is 29.3 Å². The molecule has 0 spiro atoms. The summed E-state index contributed by atoms with van der Waals surface area (Å²) >= 11 is 0. The predicted molar refractivity (Wildman–Crippen MR) is 69.2 cm³/mol. The number of hydrogen-bond acceptors (Lipinski definition) is 3. The smallest absolute Gasteiger partial charge is 0.409 e. The first-order valence-electron chi connectivity index (χ1n) is 5.43. The fourth-order valence-electron chi connectivity index (χ4n) is 1.63. The van der Waals surface area contributed by atoms with E-state index in [-0.39, 0.29) is 0 Å². The Morgan fingerprint density at radius 1 is 1.22 bits per heavy atom. The Balaban J connectivity index is 2.25. The van der Waals surface area contributed by atoms with E-state index in [0.717, 1.165) is 16.7 Å². The van der Waals surface area contributed by atoms with Crippen LogP contribution in [0.15, 0.2) is 42.7 Å². The fraction of sp³-hybridized carbons (Fsp3) is 0.0769. The number of anilines is 1. The lowest BCUT2D eigenvalue weighted by Gasteiger charge is -2.05. The SMILES string of the molecule is NCc1cncc(-c2ccc(NC(=O)O)cc2)c1. The third-order valence-electron chi connectivity index (χ3n) is 2.50. The van der Waals surface area contributed by atoms with Crippen LogP contribution in [0.5, 0.6) is 0 Å². The van der Waals surface area contributed by atoms with Crippen molar-refractivity contribution in [2.24, 2.45) is 5.73 Å². The zero-order valence-corrected chi connectivity index (χ0v) is 9.63. The summed E-state index contributed by atoms with van der Waals surface area (Å²) in [4.78, 5) is 14.6. The molecule has 0 aliphatic heterocycles. The van der Waals surface area contributed by atoms with Crippen LogP contribution in [0.25, 0.3) is 11.1 Å². The molecular weight excluding hydrogens is 230 g/mol. The van der Waals surface area contributed by atoms with E-state index in [2.05, 4.69) is 10.3 Å². The van der Waals surface area contributed by atoms with Crippen molar-refractivity contribution in [1.82, 2.24) is 4.98 Å². The first kappa shape index (κ1) is 12.1. The van der Waals surface area contributed by atoms with Gasteiger partial charge in [-0.25, -0.2) is 4.79 Å². The van der Waals surface area contributed by atoms with Crippen molar-refractivity contribution < 1.29 is 9.90 Å². The summed E-state index contributed by atoms with van der Waals surface area (Å²) < 4.78 is 0. The number of rotatable bonds is 3. The van der Waals surface area contributed by atoms with E-state index in [1.54, 1.807) is 24.5 Å². The highest BCUT2D eigenvalue weighted by Gasteiger charge is 2.01. The highest BCUT2D eigenvalue weighted by Crippen LogP contribution is 2.21. The molecule has 0 saturated carbocycles. The van der Waals surface area contributed by atoms with E-state index < -0.39 is 6.09 Å². The van der Waals surface area contributed by atoms with Crippen molar-refractivity contribution in [2.45, 2.75) is 6.54 Å². The summed E-state index contributed by atoms with van der Waals surface area (Å²) in [5.74, 6) is 0. The van der Waals surface area contributed by atoms with E-state index in [9.17, 15) is 4.79 Å². The van der Waals surface area contributed by atoms with E-state index in [1.165, 1.54) is 0 Å². The average molecular weight is 243 g/mol. The molecule has 1 aromatic heterocycles. The molecule has 1 heterocycles. The van der Waals surface area contributed by atoms with Crippen LogP contribution in [0.3, 0.4) is 0 Å². The van der Waals surface area contributed by atoms with Crippen molar-refractivity contribution in [3.8, 4) is 11.1 Å². The maximum atomic E-state index is 10.5. The largest absolute Gasteiger partial charge is 0.465 e. The maximum absolute atomic E-state index is 10.5. The van der Waals surface area contributed by atoms with Gasteiger partial charge in [0.15, 0.2) is 0 Å². The minimum atomic E-state index is -1.07. The van der Waals surface area contributed by atoms with Gasteiger partial charge in [-0.3, -0.25) is 10.3 Å². The van der Waals surface area contributed by atoms with Crippen molar-refractivity contribution >= 4 is 11.8 Å². The van der Waals surface area contributed by atoms with Crippen LogP contribution in [-0.2, 0) is 6.54 Å². The first-order valence-corrected chi connectivity index (χ1v) is 5.43. The molecule has 0 bridgehead atoms. The van der Waals surface area contributed by atoms with Gasteiger partial charge in [-0.15, -0.1) is 0 Å². The molecule has 0 fully saturated rings. The first-order chi connectivity index (χ1) is 8.69. The molecule has 2 aromatic rings. The molecule has 18 heavy (non-hydrogen) atoms. The number of nitrogens with one attached hydrogen (secondary N) is 1. The monoisotopic (exact) mass is 243 g/mol. The number of aromatic nitrogens is 1. The quantitative estimate of drug-likeness (QED) is 0.771. The van der Waals surface area contributed by atoms with Gasteiger partial charge in [0, 0.05) is 30.2 Å². The summed E-state index contributed by atoms with van der Waals surface area (Å²) in [7, 11) is 0. The number of amides is 1. The number of benzene rings is 1. The normalized spacial score (nSPS) is 10.1. The molecule has 0 aliphatic rings. The van der Waals surface area contributed by atoms with Crippen molar-refractivity contribution in [1.29, 1.82) is 0 Å². The Bertz CT molecular complexity index is 552. The van der Waals surface area contributed by atoms with Gasteiger partial charge in [0.05, 0.1) is 0 Å². The molecule has 0 radical (unpaired) electrons. The summed E-state index contributed by atoms with van der Waals surface area (Å²) in [6, 6.07) is 9.05. The highest BCUT2D eigenvalue weighted by atomic mass is 16.4. The Labute approximate surface area is 104 Å². The van der Waals surface area contributed by atoms with Crippen LogP contribution in [0, 0.1) is 0 Å². The van der Waals surface area contributed by atoms with Crippen molar-refractivity contribution in [3.63, 3.8) is 0 Å². The second-order valence-corrected chi connectivity index (χ2v) is 3.79. The number of hydrogen-bond donors (Lipinski definition) is 3. The standard InChI is InChI=1S/C13H13N3O2/c14-6-9-5-11(8-15-7-9)10-1-3-12(4-2-10)16-13(17)18/h1-5,7-8,16H,6,14H2,(H,17,18). The molecule has 5 heteroatoms. The topological polar surface area (TPSA) is 88.2 Å². The Morgan fingerprint density at radius 2 is 1.94 bits per heavy atom. The Kier molecular flexibility index (Phi) is 3.54. The molecule has 92 valence electrons. The molecule has 4 N–H and O–H groups in total.